The van der Waals surface area contributed by atoms with Crippen molar-refractivity contribution in [3.63, 3.8) is 0 Å². The summed E-state index contributed by atoms with van der Waals surface area (Å²) in [6, 6.07) is 7.96. The van der Waals surface area contributed by atoms with E-state index in [0.29, 0.717) is 12.8 Å². The summed E-state index contributed by atoms with van der Waals surface area (Å²) in [4.78, 5) is 11.5. The highest BCUT2D eigenvalue weighted by atomic mass is 79.9. The van der Waals surface area contributed by atoms with E-state index in [9.17, 15) is 4.79 Å². The van der Waals surface area contributed by atoms with E-state index < -0.39 is 5.60 Å². The topological polar surface area (TPSA) is 26.3 Å². The molecule has 3 heteroatoms. The second-order valence-electron chi connectivity index (χ2n) is 4.72. The third kappa shape index (κ3) is 5.31. The van der Waals surface area contributed by atoms with Gasteiger partial charge in [-0.1, -0.05) is 28.1 Å². The molecule has 0 unspecified atom stereocenters. The maximum atomic E-state index is 11.5. The molecule has 0 saturated carbocycles. The van der Waals surface area contributed by atoms with Crippen LogP contribution in [0.25, 0.3) is 0 Å². The number of hydrogen-bond donors (Lipinski definition) is 0. The predicted octanol–water partition coefficient (Wildman–Crippen LogP) is 3.72. The molecular formula is C13H17BrO2. The molecule has 0 aliphatic carbocycles. The number of ether oxygens (including phenoxy) is 1. The number of halogens is 1. The lowest BCUT2D eigenvalue weighted by Crippen LogP contribution is -2.23. The van der Waals surface area contributed by atoms with Crippen molar-refractivity contribution in [1.82, 2.24) is 0 Å². The van der Waals surface area contributed by atoms with Crippen LogP contribution in [0.15, 0.2) is 28.7 Å². The summed E-state index contributed by atoms with van der Waals surface area (Å²) in [5.74, 6) is -0.146. The first-order valence-corrected chi connectivity index (χ1v) is 6.12. The minimum atomic E-state index is -0.394. The molecule has 0 amide bonds. The SMILES string of the molecule is CC(C)(C)OC(=O)CCc1cccc(Br)c1. The van der Waals surface area contributed by atoms with Crippen LogP contribution in [0, 0.1) is 0 Å². The third-order valence-electron chi connectivity index (χ3n) is 1.93. The summed E-state index contributed by atoms with van der Waals surface area (Å²) in [6.07, 6.45) is 1.14. The number of hydrogen-bond acceptors (Lipinski definition) is 2. The summed E-state index contributed by atoms with van der Waals surface area (Å²) in [6.45, 7) is 5.64. The zero-order chi connectivity index (χ0) is 12.2. The molecule has 0 radical (unpaired) electrons. The monoisotopic (exact) mass is 284 g/mol. The van der Waals surface area contributed by atoms with Crippen molar-refractivity contribution in [3.05, 3.63) is 34.3 Å². The van der Waals surface area contributed by atoms with E-state index in [1.54, 1.807) is 0 Å². The van der Waals surface area contributed by atoms with Gasteiger partial charge in [0.15, 0.2) is 0 Å². The molecule has 1 aromatic carbocycles. The van der Waals surface area contributed by atoms with Crippen LogP contribution >= 0.6 is 15.9 Å². The lowest BCUT2D eigenvalue weighted by Gasteiger charge is -2.19. The Hall–Kier alpha value is -0.830. The number of esters is 1. The molecule has 0 aliphatic rings. The highest BCUT2D eigenvalue weighted by Crippen LogP contribution is 2.14. The van der Waals surface area contributed by atoms with E-state index in [2.05, 4.69) is 15.9 Å². The van der Waals surface area contributed by atoms with Crippen LogP contribution in [-0.2, 0) is 16.0 Å². The Bertz CT molecular complexity index is 366. The first kappa shape index (κ1) is 13.2. The fraction of sp³-hybridized carbons (Fsp3) is 0.462. The number of rotatable bonds is 3. The van der Waals surface area contributed by atoms with Crippen LogP contribution in [0.5, 0.6) is 0 Å². The Balaban J connectivity index is 2.43. The molecule has 0 bridgehead atoms. The molecular weight excluding hydrogens is 268 g/mol. The van der Waals surface area contributed by atoms with Gasteiger partial charge in [-0.15, -0.1) is 0 Å². The van der Waals surface area contributed by atoms with Gasteiger partial charge in [0, 0.05) is 10.9 Å². The van der Waals surface area contributed by atoms with Crippen LogP contribution in [0.3, 0.4) is 0 Å². The van der Waals surface area contributed by atoms with Gasteiger partial charge in [0.1, 0.15) is 5.60 Å². The van der Waals surface area contributed by atoms with E-state index in [1.807, 2.05) is 45.0 Å². The summed E-state index contributed by atoms with van der Waals surface area (Å²) in [5, 5.41) is 0. The average molecular weight is 285 g/mol. The van der Waals surface area contributed by atoms with Crippen LogP contribution in [0.1, 0.15) is 32.8 Å². The van der Waals surface area contributed by atoms with E-state index in [0.717, 1.165) is 10.0 Å². The molecule has 1 aromatic rings. The minimum absolute atomic E-state index is 0.146. The van der Waals surface area contributed by atoms with Crippen molar-refractivity contribution < 1.29 is 9.53 Å². The second kappa shape index (κ2) is 5.48. The van der Waals surface area contributed by atoms with Crippen molar-refractivity contribution in [2.75, 3.05) is 0 Å². The Labute approximate surface area is 105 Å². The smallest absolute Gasteiger partial charge is 0.306 e. The van der Waals surface area contributed by atoms with Gasteiger partial charge >= 0.3 is 5.97 Å². The van der Waals surface area contributed by atoms with Crippen molar-refractivity contribution in [1.29, 1.82) is 0 Å². The maximum Gasteiger partial charge on any atom is 0.306 e. The zero-order valence-corrected chi connectivity index (χ0v) is 11.5. The van der Waals surface area contributed by atoms with Crippen LogP contribution < -0.4 is 0 Å². The summed E-state index contributed by atoms with van der Waals surface area (Å²) in [5.41, 5.74) is 0.745. The molecule has 0 heterocycles. The standard InChI is InChI=1S/C13H17BrO2/c1-13(2,3)16-12(15)8-7-10-5-4-6-11(14)9-10/h4-6,9H,7-8H2,1-3H3. The highest BCUT2D eigenvalue weighted by Gasteiger charge is 2.15. The molecule has 0 aliphatic heterocycles. The lowest BCUT2D eigenvalue weighted by molar-refractivity contribution is -0.154. The molecule has 1 rings (SSSR count). The second-order valence-corrected chi connectivity index (χ2v) is 5.63. The number of carbonyl (C=O) groups is 1. The lowest BCUT2D eigenvalue weighted by atomic mass is 10.1. The number of carbonyl (C=O) groups excluding carboxylic acids is 1. The van der Waals surface area contributed by atoms with E-state index in [1.165, 1.54) is 0 Å². The average Bonchev–Trinajstić information content (AvgIpc) is 2.12. The molecule has 16 heavy (non-hydrogen) atoms. The normalized spacial score (nSPS) is 11.2. The molecule has 0 atom stereocenters. The van der Waals surface area contributed by atoms with E-state index >= 15 is 0 Å². The minimum Gasteiger partial charge on any atom is -0.460 e. The zero-order valence-electron chi connectivity index (χ0n) is 9.92. The molecule has 0 spiro atoms. The molecule has 0 N–H and O–H groups in total. The first-order valence-electron chi connectivity index (χ1n) is 5.33. The van der Waals surface area contributed by atoms with Crippen LogP contribution in [0.4, 0.5) is 0 Å². The Morgan fingerprint density at radius 3 is 2.62 bits per heavy atom. The van der Waals surface area contributed by atoms with Gasteiger partial charge < -0.3 is 4.74 Å². The van der Waals surface area contributed by atoms with E-state index in [4.69, 9.17) is 4.74 Å². The summed E-state index contributed by atoms with van der Waals surface area (Å²) >= 11 is 3.40. The van der Waals surface area contributed by atoms with Crippen molar-refractivity contribution in [3.8, 4) is 0 Å². The quantitative estimate of drug-likeness (QED) is 0.791. The van der Waals surface area contributed by atoms with Gasteiger partial charge in [-0.3, -0.25) is 4.79 Å². The van der Waals surface area contributed by atoms with Crippen LogP contribution in [0.2, 0.25) is 0 Å². The summed E-state index contributed by atoms with van der Waals surface area (Å²) < 4.78 is 6.28. The van der Waals surface area contributed by atoms with E-state index in [-0.39, 0.29) is 5.97 Å². The van der Waals surface area contributed by atoms with Gasteiger partial charge in [0.2, 0.25) is 0 Å². The molecule has 0 fully saturated rings. The largest absolute Gasteiger partial charge is 0.460 e. The van der Waals surface area contributed by atoms with Crippen molar-refractivity contribution in [2.45, 2.75) is 39.2 Å². The van der Waals surface area contributed by atoms with Gasteiger partial charge in [-0.05, 0) is 44.9 Å². The Morgan fingerprint density at radius 1 is 1.38 bits per heavy atom. The highest BCUT2D eigenvalue weighted by molar-refractivity contribution is 9.10. The van der Waals surface area contributed by atoms with Crippen LogP contribution in [-0.4, -0.2) is 11.6 Å². The predicted molar refractivity (Wildman–Crippen MR) is 68.3 cm³/mol. The molecule has 2 nitrogen and oxygen atoms in total. The molecule has 0 saturated heterocycles. The Morgan fingerprint density at radius 2 is 2.06 bits per heavy atom. The van der Waals surface area contributed by atoms with Crippen molar-refractivity contribution in [2.24, 2.45) is 0 Å². The molecule has 0 aromatic heterocycles. The van der Waals surface area contributed by atoms with Gasteiger partial charge in [-0.25, -0.2) is 0 Å². The van der Waals surface area contributed by atoms with Gasteiger partial charge in [0.25, 0.3) is 0 Å². The first-order chi connectivity index (χ1) is 7.37. The third-order valence-corrected chi connectivity index (χ3v) is 2.42. The number of benzene rings is 1. The Kier molecular flexibility index (Phi) is 4.54. The maximum absolute atomic E-state index is 11.5. The fourth-order valence-corrected chi connectivity index (χ4v) is 1.78. The summed E-state index contributed by atoms with van der Waals surface area (Å²) in [7, 11) is 0. The van der Waals surface area contributed by atoms with Crippen molar-refractivity contribution >= 4 is 21.9 Å². The molecule has 88 valence electrons. The fourth-order valence-electron chi connectivity index (χ4n) is 1.33. The van der Waals surface area contributed by atoms with Gasteiger partial charge in [0.05, 0.1) is 0 Å². The van der Waals surface area contributed by atoms with Gasteiger partial charge in [-0.2, -0.15) is 0 Å². The number of aryl methyl sites for hydroxylation is 1.